The molecule has 0 aliphatic heterocycles. The first kappa shape index (κ1) is 15.5. The molecule has 2 aromatic rings. The molecular formula is C18H23NO2. The van der Waals surface area contributed by atoms with Gasteiger partial charge < -0.3 is 14.8 Å². The Labute approximate surface area is 126 Å². The van der Waals surface area contributed by atoms with Gasteiger partial charge >= 0.3 is 0 Å². The van der Waals surface area contributed by atoms with Crippen LogP contribution in [0.4, 0.5) is 0 Å². The maximum Gasteiger partial charge on any atom is 0.126 e. The minimum Gasteiger partial charge on any atom is -0.496 e. The van der Waals surface area contributed by atoms with Gasteiger partial charge in [-0.1, -0.05) is 36.4 Å². The Bertz CT molecular complexity index is 580. The van der Waals surface area contributed by atoms with Crippen molar-refractivity contribution in [3.8, 4) is 5.75 Å². The summed E-state index contributed by atoms with van der Waals surface area (Å²) >= 11 is 0. The van der Waals surface area contributed by atoms with E-state index in [1.54, 1.807) is 7.11 Å². The van der Waals surface area contributed by atoms with Crippen LogP contribution in [0.25, 0.3) is 10.8 Å². The number of methoxy groups -OCH3 is 1. The Kier molecular flexibility index (Phi) is 6.25. The van der Waals surface area contributed by atoms with Crippen LogP contribution in [-0.2, 0) is 11.3 Å². The Morgan fingerprint density at radius 2 is 1.90 bits per heavy atom. The molecular weight excluding hydrogens is 262 g/mol. The Balaban J connectivity index is 1.92. The molecule has 0 aromatic heterocycles. The summed E-state index contributed by atoms with van der Waals surface area (Å²) < 4.78 is 10.9. The Hall–Kier alpha value is -1.84. The van der Waals surface area contributed by atoms with Crippen molar-refractivity contribution < 1.29 is 9.47 Å². The number of rotatable bonds is 9. The maximum absolute atomic E-state index is 5.48. The third-order valence-corrected chi connectivity index (χ3v) is 3.40. The lowest BCUT2D eigenvalue weighted by Gasteiger charge is -2.11. The summed E-state index contributed by atoms with van der Waals surface area (Å²) in [4.78, 5) is 0. The second-order valence-corrected chi connectivity index (χ2v) is 4.84. The standard InChI is InChI=1S/C18H23NO2/c1-3-4-12-21-13-11-19-14-15-9-10-18(20-2)17-8-6-5-7-16(15)17/h3,5-10,19H,1,4,11-14H2,2H3. The van der Waals surface area contributed by atoms with E-state index in [4.69, 9.17) is 9.47 Å². The highest BCUT2D eigenvalue weighted by Gasteiger charge is 2.05. The molecule has 0 saturated heterocycles. The molecule has 1 N–H and O–H groups in total. The SMILES string of the molecule is C=CCCOCCNCc1ccc(OC)c2ccccc12. The molecule has 0 saturated carbocycles. The van der Waals surface area contributed by atoms with Crippen LogP contribution < -0.4 is 10.1 Å². The molecule has 3 nitrogen and oxygen atoms in total. The van der Waals surface area contributed by atoms with E-state index in [1.165, 1.54) is 10.9 Å². The monoisotopic (exact) mass is 285 g/mol. The van der Waals surface area contributed by atoms with Crippen LogP contribution in [0.2, 0.25) is 0 Å². The van der Waals surface area contributed by atoms with Crippen molar-refractivity contribution in [1.29, 1.82) is 0 Å². The van der Waals surface area contributed by atoms with E-state index in [2.05, 4.69) is 36.2 Å². The molecule has 0 bridgehead atoms. The summed E-state index contributed by atoms with van der Waals surface area (Å²) in [6, 6.07) is 12.5. The van der Waals surface area contributed by atoms with Gasteiger partial charge in [0.05, 0.1) is 20.3 Å². The molecule has 0 amide bonds. The van der Waals surface area contributed by atoms with Gasteiger partial charge in [-0.15, -0.1) is 6.58 Å². The van der Waals surface area contributed by atoms with E-state index in [1.807, 2.05) is 18.2 Å². The molecule has 2 rings (SSSR count). The second kappa shape index (κ2) is 8.45. The lowest BCUT2D eigenvalue weighted by Crippen LogP contribution is -2.19. The molecule has 0 spiro atoms. The minimum absolute atomic E-state index is 0.724. The van der Waals surface area contributed by atoms with Gasteiger partial charge in [0.25, 0.3) is 0 Å². The topological polar surface area (TPSA) is 30.5 Å². The van der Waals surface area contributed by atoms with Crippen LogP contribution in [0.3, 0.4) is 0 Å². The van der Waals surface area contributed by atoms with E-state index >= 15 is 0 Å². The fourth-order valence-electron chi connectivity index (χ4n) is 2.30. The molecule has 0 heterocycles. The van der Waals surface area contributed by atoms with Crippen molar-refractivity contribution in [2.75, 3.05) is 26.9 Å². The molecule has 0 radical (unpaired) electrons. The highest BCUT2D eigenvalue weighted by molar-refractivity contribution is 5.91. The lowest BCUT2D eigenvalue weighted by atomic mass is 10.0. The summed E-state index contributed by atoms with van der Waals surface area (Å²) in [5, 5.41) is 5.80. The zero-order valence-corrected chi connectivity index (χ0v) is 12.6. The van der Waals surface area contributed by atoms with Crippen molar-refractivity contribution in [2.24, 2.45) is 0 Å². The van der Waals surface area contributed by atoms with Gasteiger partial charge in [-0.3, -0.25) is 0 Å². The molecule has 112 valence electrons. The van der Waals surface area contributed by atoms with Gasteiger partial charge in [0.2, 0.25) is 0 Å². The summed E-state index contributed by atoms with van der Waals surface area (Å²) in [6.07, 6.45) is 2.78. The molecule has 21 heavy (non-hydrogen) atoms. The van der Waals surface area contributed by atoms with Crippen LogP contribution in [0.15, 0.2) is 49.1 Å². The highest BCUT2D eigenvalue weighted by atomic mass is 16.5. The first-order valence-corrected chi connectivity index (χ1v) is 7.30. The van der Waals surface area contributed by atoms with Crippen molar-refractivity contribution in [3.63, 3.8) is 0 Å². The van der Waals surface area contributed by atoms with Gasteiger partial charge in [0.15, 0.2) is 0 Å². The van der Waals surface area contributed by atoms with E-state index in [9.17, 15) is 0 Å². The zero-order valence-electron chi connectivity index (χ0n) is 12.6. The first-order chi connectivity index (χ1) is 10.4. The number of nitrogens with one attached hydrogen (secondary N) is 1. The first-order valence-electron chi connectivity index (χ1n) is 7.30. The van der Waals surface area contributed by atoms with Crippen LogP contribution in [0.5, 0.6) is 5.75 Å². The Morgan fingerprint density at radius 3 is 2.67 bits per heavy atom. The molecule has 0 aliphatic carbocycles. The molecule has 2 aromatic carbocycles. The third kappa shape index (κ3) is 4.31. The molecule has 0 atom stereocenters. The van der Waals surface area contributed by atoms with Crippen molar-refractivity contribution >= 4 is 10.8 Å². The minimum atomic E-state index is 0.724. The van der Waals surface area contributed by atoms with Crippen molar-refractivity contribution in [1.82, 2.24) is 5.32 Å². The summed E-state index contributed by atoms with van der Waals surface area (Å²) in [7, 11) is 1.71. The normalized spacial score (nSPS) is 10.7. The van der Waals surface area contributed by atoms with Crippen LogP contribution in [0, 0.1) is 0 Å². The van der Waals surface area contributed by atoms with Crippen molar-refractivity contribution in [2.45, 2.75) is 13.0 Å². The number of hydrogen-bond acceptors (Lipinski definition) is 3. The van der Waals surface area contributed by atoms with Gasteiger partial charge in [0.1, 0.15) is 5.75 Å². The molecule has 0 fully saturated rings. The summed E-state index contributed by atoms with van der Waals surface area (Å²) in [5.74, 6) is 0.919. The molecule has 0 aliphatic rings. The van der Waals surface area contributed by atoms with E-state index in [-0.39, 0.29) is 0 Å². The maximum atomic E-state index is 5.48. The van der Waals surface area contributed by atoms with Crippen LogP contribution in [-0.4, -0.2) is 26.9 Å². The average Bonchev–Trinajstić information content (AvgIpc) is 2.54. The van der Waals surface area contributed by atoms with Crippen LogP contribution >= 0.6 is 0 Å². The van der Waals surface area contributed by atoms with E-state index in [0.717, 1.165) is 43.9 Å². The van der Waals surface area contributed by atoms with E-state index < -0.39 is 0 Å². The average molecular weight is 285 g/mol. The number of fused-ring (bicyclic) bond motifs is 1. The highest BCUT2D eigenvalue weighted by Crippen LogP contribution is 2.28. The van der Waals surface area contributed by atoms with Gasteiger partial charge in [-0.25, -0.2) is 0 Å². The number of benzene rings is 2. The van der Waals surface area contributed by atoms with Crippen LogP contribution in [0.1, 0.15) is 12.0 Å². The van der Waals surface area contributed by atoms with E-state index in [0.29, 0.717) is 0 Å². The second-order valence-electron chi connectivity index (χ2n) is 4.84. The largest absolute Gasteiger partial charge is 0.496 e. The molecule has 3 heteroatoms. The predicted octanol–water partition coefficient (Wildman–Crippen LogP) is 3.53. The summed E-state index contributed by atoms with van der Waals surface area (Å²) in [6.45, 7) is 6.82. The number of ether oxygens (including phenoxy) is 2. The van der Waals surface area contributed by atoms with Gasteiger partial charge in [-0.2, -0.15) is 0 Å². The third-order valence-electron chi connectivity index (χ3n) is 3.40. The summed E-state index contributed by atoms with van der Waals surface area (Å²) in [5.41, 5.74) is 1.28. The van der Waals surface area contributed by atoms with Crippen molar-refractivity contribution in [3.05, 3.63) is 54.6 Å². The smallest absolute Gasteiger partial charge is 0.126 e. The zero-order chi connectivity index (χ0) is 14.9. The fourth-order valence-corrected chi connectivity index (χ4v) is 2.30. The predicted molar refractivity (Wildman–Crippen MR) is 87.8 cm³/mol. The number of hydrogen-bond donors (Lipinski definition) is 1. The van der Waals surface area contributed by atoms with Gasteiger partial charge in [0, 0.05) is 18.5 Å². The van der Waals surface area contributed by atoms with Gasteiger partial charge in [-0.05, 0) is 23.4 Å². The fraction of sp³-hybridized carbons (Fsp3) is 0.333. The molecule has 0 unspecified atom stereocenters. The lowest BCUT2D eigenvalue weighted by molar-refractivity contribution is 0.140. The quantitative estimate of drug-likeness (QED) is 0.565. The Morgan fingerprint density at radius 1 is 1.10 bits per heavy atom.